The standard InChI is InChI=1S/C17H19NO3/c1-13-15(9-5-10-16(13)19)17(20)18-11-6-12-21-14-7-3-2-4-8-14/h2-5,7-10,19H,6,11-12H2,1H3,(H,18,20). The number of benzene rings is 2. The maximum Gasteiger partial charge on any atom is 0.251 e. The van der Waals surface area contributed by atoms with Crippen molar-refractivity contribution in [1.82, 2.24) is 5.32 Å². The van der Waals surface area contributed by atoms with E-state index in [1.807, 2.05) is 30.3 Å². The molecule has 4 nitrogen and oxygen atoms in total. The Kier molecular flexibility index (Phi) is 5.21. The summed E-state index contributed by atoms with van der Waals surface area (Å²) in [7, 11) is 0. The molecule has 0 heterocycles. The molecular weight excluding hydrogens is 266 g/mol. The number of amides is 1. The van der Waals surface area contributed by atoms with Gasteiger partial charge in [0.2, 0.25) is 0 Å². The molecule has 0 aliphatic rings. The Morgan fingerprint density at radius 1 is 1.14 bits per heavy atom. The summed E-state index contributed by atoms with van der Waals surface area (Å²) in [6.07, 6.45) is 0.721. The molecule has 0 saturated carbocycles. The Morgan fingerprint density at radius 2 is 1.90 bits per heavy atom. The molecule has 2 rings (SSSR count). The molecule has 1 amide bonds. The predicted molar refractivity (Wildman–Crippen MR) is 81.7 cm³/mol. The fourth-order valence-corrected chi connectivity index (χ4v) is 1.95. The number of para-hydroxylation sites is 1. The van der Waals surface area contributed by atoms with Crippen LogP contribution in [0.25, 0.3) is 0 Å². The third-order valence-corrected chi connectivity index (χ3v) is 3.17. The van der Waals surface area contributed by atoms with Gasteiger partial charge in [-0.3, -0.25) is 4.79 Å². The molecule has 2 N–H and O–H groups in total. The van der Waals surface area contributed by atoms with Crippen molar-refractivity contribution < 1.29 is 14.6 Å². The molecular formula is C17H19NO3. The van der Waals surface area contributed by atoms with E-state index in [4.69, 9.17) is 4.74 Å². The summed E-state index contributed by atoms with van der Waals surface area (Å²) in [5.74, 6) is 0.783. The molecule has 0 aliphatic carbocycles. The lowest BCUT2D eigenvalue weighted by Gasteiger charge is -2.09. The minimum absolute atomic E-state index is 0.134. The van der Waals surface area contributed by atoms with Crippen LogP contribution < -0.4 is 10.1 Å². The molecule has 21 heavy (non-hydrogen) atoms. The first-order valence-corrected chi connectivity index (χ1v) is 6.93. The average molecular weight is 285 g/mol. The normalized spacial score (nSPS) is 10.1. The Hall–Kier alpha value is -2.49. The molecule has 2 aromatic rings. The van der Waals surface area contributed by atoms with Gasteiger partial charge < -0.3 is 15.2 Å². The van der Waals surface area contributed by atoms with Crippen LogP contribution in [-0.2, 0) is 0 Å². The van der Waals surface area contributed by atoms with Gasteiger partial charge in [0.05, 0.1) is 6.61 Å². The summed E-state index contributed by atoms with van der Waals surface area (Å²) in [5.41, 5.74) is 1.09. The molecule has 2 aromatic carbocycles. The maximum atomic E-state index is 12.0. The van der Waals surface area contributed by atoms with E-state index in [1.54, 1.807) is 25.1 Å². The lowest BCUT2D eigenvalue weighted by Crippen LogP contribution is -2.26. The summed E-state index contributed by atoms with van der Waals surface area (Å²) in [6, 6.07) is 14.5. The first-order valence-electron chi connectivity index (χ1n) is 6.93. The van der Waals surface area contributed by atoms with Gasteiger partial charge in [0.25, 0.3) is 5.91 Å². The highest BCUT2D eigenvalue weighted by Crippen LogP contribution is 2.19. The minimum atomic E-state index is -0.178. The van der Waals surface area contributed by atoms with Crippen molar-refractivity contribution in [3.05, 3.63) is 59.7 Å². The zero-order valence-corrected chi connectivity index (χ0v) is 12.0. The highest BCUT2D eigenvalue weighted by atomic mass is 16.5. The number of nitrogens with one attached hydrogen (secondary N) is 1. The minimum Gasteiger partial charge on any atom is -0.508 e. The number of ether oxygens (including phenoxy) is 1. The first-order chi connectivity index (χ1) is 10.2. The molecule has 0 unspecified atom stereocenters. The second-order valence-electron chi connectivity index (χ2n) is 4.72. The van der Waals surface area contributed by atoms with Crippen molar-refractivity contribution in [2.75, 3.05) is 13.2 Å². The van der Waals surface area contributed by atoms with E-state index in [9.17, 15) is 9.90 Å². The van der Waals surface area contributed by atoms with Crippen LogP contribution in [0.4, 0.5) is 0 Å². The van der Waals surface area contributed by atoms with Crippen LogP contribution in [0.3, 0.4) is 0 Å². The van der Waals surface area contributed by atoms with Crippen molar-refractivity contribution >= 4 is 5.91 Å². The van der Waals surface area contributed by atoms with Gasteiger partial charge in [0.15, 0.2) is 0 Å². The highest BCUT2D eigenvalue weighted by molar-refractivity contribution is 5.96. The average Bonchev–Trinajstić information content (AvgIpc) is 2.50. The number of phenols is 1. The van der Waals surface area contributed by atoms with Crippen LogP contribution in [0.5, 0.6) is 11.5 Å². The number of carbonyl (C=O) groups excluding carboxylic acids is 1. The zero-order chi connectivity index (χ0) is 15.1. The molecule has 0 atom stereocenters. The lowest BCUT2D eigenvalue weighted by molar-refractivity contribution is 0.0950. The highest BCUT2D eigenvalue weighted by Gasteiger charge is 2.10. The van der Waals surface area contributed by atoms with Crippen LogP contribution >= 0.6 is 0 Å². The van der Waals surface area contributed by atoms with E-state index in [0.717, 1.165) is 12.2 Å². The molecule has 0 fully saturated rings. The smallest absolute Gasteiger partial charge is 0.251 e. The van der Waals surface area contributed by atoms with Crippen molar-refractivity contribution in [2.45, 2.75) is 13.3 Å². The second-order valence-corrected chi connectivity index (χ2v) is 4.72. The second kappa shape index (κ2) is 7.33. The number of phenolic OH excluding ortho intramolecular Hbond substituents is 1. The van der Waals surface area contributed by atoms with Crippen LogP contribution in [-0.4, -0.2) is 24.2 Å². The summed E-state index contributed by atoms with van der Waals surface area (Å²) in [4.78, 5) is 12.0. The van der Waals surface area contributed by atoms with Gasteiger partial charge in [0, 0.05) is 17.7 Å². The molecule has 0 bridgehead atoms. The first kappa shape index (κ1) is 14.9. The van der Waals surface area contributed by atoms with Gasteiger partial charge >= 0.3 is 0 Å². The molecule has 0 aromatic heterocycles. The number of aromatic hydroxyl groups is 1. The topological polar surface area (TPSA) is 58.6 Å². The fourth-order valence-electron chi connectivity index (χ4n) is 1.95. The number of carbonyl (C=O) groups is 1. The van der Waals surface area contributed by atoms with Crippen LogP contribution in [0, 0.1) is 6.92 Å². The van der Waals surface area contributed by atoms with Crippen molar-refractivity contribution in [2.24, 2.45) is 0 Å². The zero-order valence-electron chi connectivity index (χ0n) is 12.0. The largest absolute Gasteiger partial charge is 0.508 e. The van der Waals surface area contributed by atoms with E-state index in [0.29, 0.717) is 24.3 Å². The van der Waals surface area contributed by atoms with Gasteiger partial charge in [-0.15, -0.1) is 0 Å². The number of hydrogen-bond donors (Lipinski definition) is 2. The Labute approximate surface area is 124 Å². The molecule has 4 heteroatoms. The third kappa shape index (κ3) is 4.24. The van der Waals surface area contributed by atoms with E-state index in [1.165, 1.54) is 0 Å². The Bertz CT molecular complexity index is 596. The maximum absolute atomic E-state index is 12.0. The van der Waals surface area contributed by atoms with Gasteiger partial charge in [-0.05, 0) is 37.6 Å². The third-order valence-electron chi connectivity index (χ3n) is 3.17. The molecule has 0 spiro atoms. The van der Waals surface area contributed by atoms with Gasteiger partial charge in [-0.1, -0.05) is 24.3 Å². The van der Waals surface area contributed by atoms with Crippen molar-refractivity contribution in [1.29, 1.82) is 0 Å². The lowest BCUT2D eigenvalue weighted by atomic mass is 10.1. The van der Waals surface area contributed by atoms with Gasteiger partial charge in [-0.2, -0.15) is 0 Å². The molecule has 0 saturated heterocycles. The number of hydrogen-bond acceptors (Lipinski definition) is 3. The van der Waals surface area contributed by atoms with Crippen molar-refractivity contribution in [3.63, 3.8) is 0 Å². The van der Waals surface area contributed by atoms with E-state index in [2.05, 4.69) is 5.32 Å². The monoisotopic (exact) mass is 285 g/mol. The van der Waals surface area contributed by atoms with Crippen LogP contribution in [0.2, 0.25) is 0 Å². The summed E-state index contributed by atoms with van der Waals surface area (Å²) in [6.45, 7) is 2.80. The molecule has 0 radical (unpaired) electrons. The number of rotatable bonds is 6. The molecule has 110 valence electrons. The fraction of sp³-hybridized carbons (Fsp3) is 0.235. The molecule has 0 aliphatic heterocycles. The quantitative estimate of drug-likeness (QED) is 0.802. The van der Waals surface area contributed by atoms with E-state index >= 15 is 0 Å². The van der Waals surface area contributed by atoms with Gasteiger partial charge in [-0.25, -0.2) is 0 Å². The Morgan fingerprint density at radius 3 is 2.67 bits per heavy atom. The van der Waals surface area contributed by atoms with Crippen LogP contribution in [0.15, 0.2) is 48.5 Å². The summed E-state index contributed by atoms with van der Waals surface area (Å²) >= 11 is 0. The van der Waals surface area contributed by atoms with E-state index < -0.39 is 0 Å². The van der Waals surface area contributed by atoms with E-state index in [-0.39, 0.29) is 11.7 Å². The van der Waals surface area contributed by atoms with Gasteiger partial charge in [0.1, 0.15) is 11.5 Å². The van der Waals surface area contributed by atoms with Crippen LogP contribution in [0.1, 0.15) is 22.3 Å². The van der Waals surface area contributed by atoms with Crippen molar-refractivity contribution in [3.8, 4) is 11.5 Å². The Balaban J connectivity index is 1.73. The SMILES string of the molecule is Cc1c(O)cccc1C(=O)NCCCOc1ccccc1. The summed E-state index contributed by atoms with van der Waals surface area (Å²) < 4.78 is 5.55. The predicted octanol–water partition coefficient (Wildman–Crippen LogP) is 2.90. The summed E-state index contributed by atoms with van der Waals surface area (Å²) in [5, 5.41) is 12.4.